The van der Waals surface area contributed by atoms with E-state index in [9.17, 15) is 9.59 Å². The molecule has 0 aliphatic carbocycles. The number of hydrogen-bond donors (Lipinski definition) is 0. The van der Waals surface area contributed by atoms with Gasteiger partial charge in [0.05, 0.1) is 18.9 Å². The topological polar surface area (TPSA) is 68.7 Å². The Labute approximate surface area is 124 Å². The van der Waals surface area contributed by atoms with Gasteiger partial charge < -0.3 is 9.47 Å². The zero-order chi connectivity index (χ0) is 15.5. The maximum atomic E-state index is 12.3. The van der Waals surface area contributed by atoms with Crippen LogP contribution in [0.25, 0.3) is 0 Å². The molecule has 1 atom stereocenters. The van der Waals surface area contributed by atoms with Gasteiger partial charge in [0.25, 0.3) is 0 Å². The molecule has 1 aliphatic heterocycles. The van der Waals surface area contributed by atoms with Gasteiger partial charge in [0, 0.05) is 18.3 Å². The van der Waals surface area contributed by atoms with Crippen molar-refractivity contribution >= 4 is 12.4 Å². The maximum absolute atomic E-state index is 12.3. The minimum atomic E-state index is -0.547. The molecule has 0 spiro atoms. The first-order chi connectivity index (χ1) is 9.90. The number of rotatable bonds is 2. The Kier molecular flexibility index (Phi) is 4.57. The van der Waals surface area contributed by atoms with Crippen molar-refractivity contribution in [3.8, 4) is 0 Å². The molecule has 0 aromatic carbocycles. The molecule has 0 bridgehead atoms. The van der Waals surface area contributed by atoms with E-state index in [1.165, 1.54) is 6.20 Å². The smallest absolute Gasteiger partial charge is 0.411 e. The van der Waals surface area contributed by atoms with Crippen molar-refractivity contribution in [1.29, 1.82) is 0 Å². The predicted octanol–water partition coefficient (Wildman–Crippen LogP) is 2.20. The zero-order valence-electron chi connectivity index (χ0n) is 12.5. The van der Waals surface area contributed by atoms with Crippen LogP contribution in [0.15, 0.2) is 18.3 Å². The monoisotopic (exact) mass is 292 g/mol. The summed E-state index contributed by atoms with van der Waals surface area (Å²) in [5.74, 6) is 0. The second-order valence-electron chi connectivity index (χ2n) is 5.90. The van der Waals surface area contributed by atoms with Gasteiger partial charge in [-0.25, -0.2) is 4.79 Å². The normalized spacial score (nSPS) is 19.2. The molecule has 21 heavy (non-hydrogen) atoms. The Morgan fingerprint density at radius 2 is 2.24 bits per heavy atom. The molecule has 0 N–H and O–H groups in total. The predicted molar refractivity (Wildman–Crippen MR) is 76.1 cm³/mol. The van der Waals surface area contributed by atoms with Crippen molar-refractivity contribution in [2.45, 2.75) is 32.4 Å². The second kappa shape index (κ2) is 6.22. The summed E-state index contributed by atoms with van der Waals surface area (Å²) in [5, 5.41) is 0. The van der Waals surface area contributed by atoms with Gasteiger partial charge in [-0.1, -0.05) is 0 Å². The highest BCUT2D eigenvalue weighted by atomic mass is 16.6. The highest BCUT2D eigenvalue weighted by Crippen LogP contribution is 2.24. The first-order valence-corrected chi connectivity index (χ1v) is 6.89. The summed E-state index contributed by atoms with van der Waals surface area (Å²) in [5.41, 5.74) is 0.639. The Morgan fingerprint density at radius 3 is 2.81 bits per heavy atom. The number of aldehydes is 1. The largest absolute Gasteiger partial charge is 0.444 e. The summed E-state index contributed by atoms with van der Waals surface area (Å²) in [6.07, 6.45) is 1.85. The third-order valence-electron chi connectivity index (χ3n) is 3.04. The highest BCUT2D eigenvalue weighted by molar-refractivity contribution is 5.74. The minimum absolute atomic E-state index is 0.297. The van der Waals surface area contributed by atoms with E-state index in [4.69, 9.17) is 9.47 Å². The van der Waals surface area contributed by atoms with Crippen LogP contribution in [0.4, 0.5) is 4.79 Å². The van der Waals surface area contributed by atoms with Gasteiger partial charge in [0.15, 0.2) is 6.29 Å². The molecule has 6 heteroatoms. The van der Waals surface area contributed by atoms with Crippen LogP contribution >= 0.6 is 0 Å². The van der Waals surface area contributed by atoms with Crippen LogP contribution in [-0.2, 0) is 9.47 Å². The van der Waals surface area contributed by atoms with E-state index in [1.54, 1.807) is 17.0 Å². The Hall–Kier alpha value is -1.95. The summed E-state index contributed by atoms with van der Waals surface area (Å²) in [6.45, 7) is 6.79. The van der Waals surface area contributed by atoms with Crippen molar-refractivity contribution in [1.82, 2.24) is 9.88 Å². The molecule has 114 valence electrons. The molecule has 1 aliphatic rings. The third kappa shape index (κ3) is 4.01. The van der Waals surface area contributed by atoms with Crippen molar-refractivity contribution in [3.05, 3.63) is 29.6 Å². The average molecular weight is 292 g/mol. The summed E-state index contributed by atoms with van der Waals surface area (Å²) < 4.78 is 10.9. The summed E-state index contributed by atoms with van der Waals surface area (Å²) in [4.78, 5) is 28.8. The van der Waals surface area contributed by atoms with Crippen molar-refractivity contribution in [2.75, 3.05) is 19.8 Å². The van der Waals surface area contributed by atoms with E-state index in [0.29, 0.717) is 31.0 Å². The van der Waals surface area contributed by atoms with Gasteiger partial charge in [-0.3, -0.25) is 14.7 Å². The number of hydrogen-bond acceptors (Lipinski definition) is 5. The maximum Gasteiger partial charge on any atom is 0.411 e. The summed E-state index contributed by atoms with van der Waals surface area (Å²) in [6, 6.07) is 3.12. The molecule has 1 unspecified atom stereocenters. The van der Waals surface area contributed by atoms with Crippen LogP contribution in [-0.4, -0.2) is 47.6 Å². The van der Waals surface area contributed by atoms with Crippen LogP contribution in [0.1, 0.15) is 42.9 Å². The molecule has 0 saturated carbocycles. The van der Waals surface area contributed by atoms with Crippen molar-refractivity contribution < 1.29 is 19.1 Å². The van der Waals surface area contributed by atoms with E-state index < -0.39 is 5.60 Å². The van der Waals surface area contributed by atoms with Gasteiger partial charge in [0.2, 0.25) is 0 Å². The van der Waals surface area contributed by atoms with E-state index in [1.807, 2.05) is 20.8 Å². The second-order valence-corrected chi connectivity index (χ2v) is 5.90. The standard InChI is InChI=1S/C15H20N2O4/c1-15(2,3)21-14(19)17-6-7-20-10-13(17)12-5-4-11(9-18)8-16-12/h4-5,8-9,13H,6-7,10H2,1-3H3. The Bertz CT molecular complexity index is 507. The van der Waals surface area contributed by atoms with E-state index in [2.05, 4.69) is 4.98 Å². The molecular formula is C15H20N2O4. The number of aromatic nitrogens is 1. The fourth-order valence-electron chi connectivity index (χ4n) is 2.07. The summed E-state index contributed by atoms with van der Waals surface area (Å²) >= 11 is 0. The molecule has 6 nitrogen and oxygen atoms in total. The number of nitrogens with zero attached hydrogens (tertiary/aromatic N) is 2. The van der Waals surface area contributed by atoms with Crippen molar-refractivity contribution in [3.63, 3.8) is 0 Å². The molecule has 2 heterocycles. The molecule has 1 saturated heterocycles. The number of pyridine rings is 1. The lowest BCUT2D eigenvalue weighted by Gasteiger charge is -2.36. The fourth-order valence-corrected chi connectivity index (χ4v) is 2.07. The van der Waals surface area contributed by atoms with Crippen LogP contribution in [0.3, 0.4) is 0 Å². The van der Waals surface area contributed by atoms with Gasteiger partial charge in [-0.15, -0.1) is 0 Å². The quantitative estimate of drug-likeness (QED) is 0.782. The average Bonchev–Trinajstić information content (AvgIpc) is 2.45. The van der Waals surface area contributed by atoms with Crippen LogP contribution < -0.4 is 0 Å². The fraction of sp³-hybridized carbons (Fsp3) is 0.533. The number of ether oxygens (including phenoxy) is 2. The number of amides is 1. The Morgan fingerprint density at radius 1 is 1.48 bits per heavy atom. The lowest BCUT2D eigenvalue weighted by Crippen LogP contribution is -2.45. The zero-order valence-corrected chi connectivity index (χ0v) is 12.5. The molecule has 1 amide bonds. The third-order valence-corrected chi connectivity index (χ3v) is 3.04. The van der Waals surface area contributed by atoms with E-state index >= 15 is 0 Å². The molecular weight excluding hydrogens is 272 g/mol. The van der Waals surface area contributed by atoms with Crippen LogP contribution in [0, 0.1) is 0 Å². The van der Waals surface area contributed by atoms with E-state index in [0.717, 1.165) is 6.29 Å². The number of carbonyl (C=O) groups is 2. The minimum Gasteiger partial charge on any atom is -0.444 e. The van der Waals surface area contributed by atoms with Gasteiger partial charge in [-0.2, -0.15) is 0 Å². The molecule has 2 rings (SSSR count). The first kappa shape index (κ1) is 15.4. The lowest BCUT2D eigenvalue weighted by atomic mass is 10.1. The molecule has 1 aromatic heterocycles. The number of morpholine rings is 1. The first-order valence-electron chi connectivity index (χ1n) is 6.89. The van der Waals surface area contributed by atoms with Crippen LogP contribution in [0.5, 0.6) is 0 Å². The molecule has 1 fully saturated rings. The van der Waals surface area contributed by atoms with Gasteiger partial charge in [0.1, 0.15) is 11.6 Å². The van der Waals surface area contributed by atoms with Crippen molar-refractivity contribution in [2.24, 2.45) is 0 Å². The van der Waals surface area contributed by atoms with E-state index in [-0.39, 0.29) is 12.1 Å². The molecule has 1 aromatic rings. The highest BCUT2D eigenvalue weighted by Gasteiger charge is 2.32. The van der Waals surface area contributed by atoms with Gasteiger partial charge in [-0.05, 0) is 32.9 Å². The number of carbonyl (C=O) groups excluding carboxylic acids is 2. The SMILES string of the molecule is CC(C)(C)OC(=O)N1CCOCC1c1ccc(C=O)cn1. The van der Waals surface area contributed by atoms with Crippen LogP contribution in [0.2, 0.25) is 0 Å². The lowest BCUT2D eigenvalue weighted by molar-refractivity contribution is -0.0340. The Balaban J connectivity index is 2.18. The summed E-state index contributed by atoms with van der Waals surface area (Å²) in [7, 11) is 0. The van der Waals surface area contributed by atoms with Gasteiger partial charge >= 0.3 is 6.09 Å². The molecule has 0 radical (unpaired) electrons.